The van der Waals surface area contributed by atoms with Crippen molar-refractivity contribution in [1.29, 1.82) is 10.5 Å². The molecule has 1 unspecified atom stereocenters. The Kier molecular flexibility index (Phi) is 11.6. The van der Waals surface area contributed by atoms with E-state index in [2.05, 4.69) is 43.3 Å². The minimum absolute atomic E-state index is 0.119. The zero-order valence-corrected chi connectivity index (χ0v) is 24.3. The van der Waals surface area contributed by atoms with Crippen LogP contribution in [0.3, 0.4) is 0 Å². The van der Waals surface area contributed by atoms with Crippen LogP contribution in [0.4, 0.5) is 0 Å². The molecule has 0 aliphatic heterocycles. The first-order valence-electron chi connectivity index (χ1n) is 15.1. The molecule has 0 aromatic heterocycles. The Morgan fingerprint density at radius 3 is 1.97 bits per heavy atom. The summed E-state index contributed by atoms with van der Waals surface area (Å²) >= 11 is 0. The number of carbonyl (C=O) groups is 1. The molecule has 0 spiro atoms. The third-order valence-corrected chi connectivity index (χ3v) is 8.67. The quantitative estimate of drug-likeness (QED) is 0.139. The lowest BCUT2D eigenvalue weighted by molar-refractivity contribution is -0.142. The largest absolute Gasteiger partial charge is 0.425 e. The van der Waals surface area contributed by atoms with Gasteiger partial charge in [-0.25, -0.2) is 4.79 Å². The zero-order chi connectivity index (χ0) is 28.1. The molecular weight excluding hydrogens is 480 g/mol. The van der Waals surface area contributed by atoms with Crippen molar-refractivity contribution in [3.05, 3.63) is 54.1 Å². The number of nitriles is 2. The molecule has 1 aliphatic carbocycles. The molecular formula is C35H46N2O2. The van der Waals surface area contributed by atoms with E-state index in [1.165, 1.54) is 50.5 Å². The molecule has 1 aliphatic rings. The van der Waals surface area contributed by atoms with Gasteiger partial charge in [0.15, 0.2) is 5.41 Å². The smallest absolute Gasteiger partial charge is 0.331 e. The van der Waals surface area contributed by atoms with Crippen molar-refractivity contribution in [2.45, 2.75) is 117 Å². The van der Waals surface area contributed by atoms with E-state index < -0.39 is 11.4 Å². The highest BCUT2D eigenvalue weighted by Crippen LogP contribution is 2.46. The number of ether oxygens (including phenoxy) is 1. The fourth-order valence-electron chi connectivity index (χ4n) is 5.93. The second kappa shape index (κ2) is 14.9. The van der Waals surface area contributed by atoms with Gasteiger partial charge < -0.3 is 4.74 Å². The molecule has 4 nitrogen and oxygen atoms in total. The number of hydrogen-bond donors (Lipinski definition) is 0. The summed E-state index contributed by atoms with van der Waals surface area (Å²) in [6.45, 7) is 5.84. The van der Waals surface area contributed by atoms with E-state index >= 15 is 0 Å². The van der Waals surface area contributed by atoms with Gasteiger partial charge in [0.2, 0.25) is 0 Å². The van der Waals surface area contributed by atoms with E-state index in [1.54, 1.807) is 19.1 Å². The summed E-state index contributed by atoms with van der Waals surface area (Å²) in [5.41, 5.74) is 2.29. The van der Waals surface area contributed by atoms with E-state index in [4.69, 9.17) is 4.74 Å². The molecule has 0 amide bonds. The lowest BCUT2D eigenvalue weighted by Gasteiger charge is -2.35. The fraction of sp³-hybridized carbons (Fsp3) is 0.571. The summed E-state index contributed by atoms with van der Waals surface area (Å²) < 4.78 is 5.50. The maximum absolute atomic E-state index is 12.5. The van der Waals surface area contributed by atoms with Crippen molar-refractivity contribution in [2.75, 3.05) is 0 Å². The number of hydrogen-bond acceptors (Lipinski definition) is 4. The van der Waals surface area contributed by atoms with Gasteiger partial charge in [-0.05, 0) is 80.2 Å². The molecule has 2 aromatic rings. The van der Waals surface area contributed by atoms with Gasteiger partial charge in [0.05, 0.1) is 17.6 Å². The van der Waals surface area contributed by atoms with Crippen LogP contribution in [0.15, 0.2) is 48.5 Å². The van der Waals surface area contributed by atoms with E-state index in [9.17, 15) is 15.3 Å². The van der Waals surface area contributed by atoms with Crippen LogP contribution in [0.5, 0.6) is 5.75 Å². The second-order valence-electron chi connectivity index (χ2n) is 11.8. The molecule has 1 fully saturated rings. The lowest BCUT2D eigenvalue weighted by atomic mass is 9.67. The summed E-state index contributed by atoms with van der Waals surface area (Å²) in [7, 11) is 0. The molecule has 4 heteroatoms. The van der Waals surface area contributed by atoms with Crippen LogP contribution >= 0.6 is 0 Å². The Morgan fingerprint density at radius 2 is 1.44 bits per heavy atom. The van der Waals surface area contributed by atoms with Crippen molar-refractivity contribution in [3.8, 4) is 29.0 Å². The van der Waals surface area contributed by atoms with E-state index in [0.29, 0.717) is 18.1 Å². The third-order valence-electron chi connectivity index (χ3n) is 8.67. The van der Waals surface area contributed by atoms with Crippen LogP contribution in [-0.2, 0) is 4.79 Å². The fourth-order valence-corrected chi connectivity index (χ4v) is 5.93. The molecule has 208 valence electrons. The average Bonchev–Trinajstić information content (AvgIpc) is 2.97. The highest BCUT2D eigenvalue weighted by Gasteiger charge is 2.36. The number of rotatable bonds is 14. The van der Waals surface area contributed by atoms with Gasteiger partial charge in [0.25, 0.3) is 0 Å². The second-order valence-corrected chi connectivity index (χ2v) is 11.8. The Bertz CT molecular complexity index is 1120. The SMILES string of the molecule is CCCCCCCCCC1(C#N)CCC(c2ccc(-c3ccc(OC(=O)C(C)(C#N)CCC)cc3)cc2)CC1. The molecule has 0 heterocycles. The van der Waals surface area contributed by atoms with Crippen molar-refractivity contribution >= 4 is 5.97 Å². The Labute approximate surface area is 236 Å². The molecule has 1 saturated carbocycles. The summed E-state index contributed by atoms with van der Waals surface area (Å²) in [5, 5.41) is 19.4. The Morgan fingerprint density at radius 1 is 0.872 bits per heavy atom. The van der Waals surface area contributed by atoms with Crippen LogP contribution in [0.25, 0.3) is 11.1 Å². The summed E-state index contributed by atoms with van der Waals surface area (Å²) in [6, 6.07) is 21.1. The number of esters is 1. The first-order valence-corrected chi connectivity index (χ1v) is 15.1. The molecule has 39 heavy (non-hydrogen) atoms. The number of carbonyl (C=O) groups excluding carboxylic acids is 1. The number of unbranched alkanes of at least 4 members (excludes halogenated alkanes) is 6. The average molecular weight is 527 g/mol. The minimum atomic E-state index is -1.12. The standard InChI is InChI=1S/C35H46N2O2/c1-4-6-7-8-9-10-11-23-35(27-37)24-20-31(21-25-35)29-14-12-28(13-15-29)30-16-18-32(19-17-30)39-33(38)34(3,26-36)22-5-2/h12-19,31H,4-11,20-25H2,1-3H3. The summed E-state index contributed by atoms with van der Waals surface area (Å²) in [6.07, 6.45) is 15.6. The van der Waals surface area contributed by atoms with Crippen LogP contribution in [0.2, 0.25) is 0 Å². The highest BCUT2D eigenvalue weighted by molar-refractivity contribution is 5.81. The first-order chi connectivity index (χ1) is 18.9. The Hall–Kier alpha value is -3.11. The predicted molar refractivity (Wildman–Crippen MR) is 158 cm³/mol. The van der Waals surface area contributed by atoms with Crippen molar-refractivity contribution in [1.82, 2.24) is 0 Å². The van der Waals surface area contributed by atoms with Crippen LogP contribution in [-0.4, -0.2) is 5.97 Å². The van der Waals surface area contributed by atoms with Gasteiger partial charge >= 0.3 is 5.97 Å². The minimum Gasteiger partial charge on any atom is -0.425 e. The van der Waals surface area contributed by atoms with Gasteiger partial charge in [-0.15, -0.1) is 0 Å². The maximum Gasteiger partial charge on any atom is 0.331 e. The topological polar surface area (TPSA) is 73.9 Å². The third kappa shape index (κ3) is 8.44. The molecule has 0 saturated heterocycles. The summed E-state index contributed by atoms with van der Waals surface area (Å²) in [5.74, 6) is 0.478. The van der Waals surface area contributed by atoms with Crippen LogP contribution in [0, 0.1) is 33.5 Å². The van der Waals surface area contributed by atoms with Crippen molar-refractivity contribution < 1.29 is 9.53 Å². The van der Waals surface area contributed by atoms with Crippen LogP contribution < -0.4 is 4.74 Å². The van der Waals surface area contributed by atoms with E-state index in [0.717, 1.165) is 49.7 Å². The van der Waals surface area contributed by atoms with Gasteiger partial charge in [0, 0.05) is 0 Å². The molecule has 0 N–H and O–H groups in total. The van der Waals surface area contributed by atoms with Gasteiger partial charge in [-0.2, -0.15) is 10.5 Å². The number of benzene rings is 2. The molecule has 0 radical (unpaired) electrons. The molecule has 0 bridgehead atoms. The lowest BCUT2D eigenvalue weighted by Crippen LogP contribution is -2.30. The van der Waals surface area contributed by atoms with E-state index in [1.807, 2.05) is 19.1 Å². The molecule has 3 rings (SSSR count). The molecule has 2 aromatic carbocycles. The summed E-state index contributed by atoms with van der Waals surface area (Å²) in [4.78, 5) is 12.5. The predicted octanol–water partition coefficient (Wildman–Crippen LogP) is 9.90. The maximum atomic E-state index is 12.5. The first kappa shape index (κ1) is 30.4. The van der Waals surface area contributed by atoms with Gasteiger partial charge in [-0.1, -0.05) is 102 Å². The highest BCUT2D eigenvalue weighted by atomic mass is 16.5. The van der Waals surface area contributed by atoms with Crippen LogP contribution in [0.1, 0.15) is 122 Å². The van der Waals surface area contributed by atoms with Gasteiger partial charge in [0.1, 0.15) is 5.75 Å². The van der Waals surface area contributed by atoms with Crippen molar-refractivity contribution in [3.63, 3.8) is 0 Å². The van der Waals surface area contributed by atoms with Crippen molar-refractivity contribution in [2.24, 2.45) is 10.8 Å². The monoisotopic (exact) mass is 526 g/mol. The zero-order valence-electron chi connectivity index (χ0n) is 24.3. The van der Waals surface area contributed by atoms with Gasteiger partial charge in [-0.3, -0.25) is 0 Å². The molecule has 1 atom stereocenters. The van der Waals surface area contributed by atoms with E-state index in [-0.39, 0.29) is 5.41 Å². The number of nitrogens with zero attached hydrogens (tertiary/aromatic N) is 2. The Balaban J connectivity index is 1.51. The normalized spacial score (nSPS) is 20.4.